The van der Waals surface area contributed by atoms with Crippen molar-refractivity contribution in [2.24, 2.45) is 0 Å². The molecular weight excluding hydrogens is 473 g/mol. The van der Waals surface area contributed by atoms with Crippen LogP contribution in [0.15, 0.2) is 47.8 Å². The highest BCUT2D eigenvalue weighted by atomic mass is 32.1. The Balaban J connectivity index is 1.21. The molecule has 2 aliphatic heterocycles. The van der Waals surface area contributed by atoms with Gasteiger partial charge in [0, 0.05) is 30.6 Å². The molecule has 10 heteroatoms. The maximum Gasteiger partial charge on any atom is 0.260 e. The Labute approximate surface area is 205 Å². The minimum Gasteiger partial charge on any atom is -0.454 e. The van der Waals surface area contributed by atoms with Gasteiger partial charge < -0.3 is 19.5 Å². The van der Waals surface area contributed by atoms with Crippen LogP contribution in [0.5, 0.6) is 11.5 Å². The molecule has 182 valence electrons. The SMILES string of the molecule is O=C(Cc1csc(NC(=O)c2ccccc2F)n1)NCC1(c2ccc3c(c2)OCO3)CCOCC1. The van der Waals surface area contributed by atoms with Crippen LogP contribution in [0.4, 0.5) is 9.52 Å². The third-order valence-corrected chi connectivity index (χ3v) is 7.10. The first-order valence-corrected chi connectivity index (χ1v) is 12.2. The highest BCUT2D eigenvalue weighted by Crippen LogP contribution is 2.40. The number of thiazole rings is 1. The van der Waals surface area contributed by atoms with E-state index in [2.05, 4.69) is 15.6 Å². The first-order valence-electron chi connectivity index (χ1n) is 11.3. The van der Waals surface area contributed by atoms with E-state index in [1.54, 1.807) is 11.4 Å². The summed E-state index contributed by atoms with van der Waals surface area (Å²) in [6, 6.07) is 11.7. The number of aromatic nitrogens is 1. The van der Waals surface area contributed by atoms with E-state index in [4.69, 9.17) is 14.2 Å². The zero-order valence-corrected chi connectivity index (χ0v) is 19.7. The van der Waals surface area contributed by atoms with Crippen molar-refractivity contribution in [3.63, 3.8) is 0 Å². The van der Waals surface area contributed by atoms with Gasteiger partial charge in [0.15, 0.2) is 16.6 Å². The first kappa shape index (κ1) is 23.3. The van der Waals surface area contributed by atoms with Gasteiger partial charge >= 0.3 is 0 Å². The largest absolute Gasteiger partial charge is 0.454 e. The van der Waals surface area contributed by atoms with E-state index in [0.717, 1.165) is 24.2 Å². The summed E-state index contributed by atoms with van der Waals surface area (Å²) in [6.45, 7) is 1.89. The number of amides is 2. The van der Waals surface area contributed by atoms with Crippen molar-refractivity contribution in [2.75, 3.05) is 31.9 Å². The van der Waals surface area contributed by atoms with Crippen LogP contribution in [0, 0.1) is 5.82 Å². The summed E-state index contributed by atoms with van der Waals surface area (Å²) < 4.78 is 30.4. The van der Waals surface area contributed by atoms with Crippen molar-refractivity contribution in [1.29, 1.82) is 0 Å². The molecule has 0 atom stereocenters. The summed E-state index contributed by atoms with van der Waals surface area (Å²) in [6.07, 6.45) is 1.62. The maximum absolute atomic E-state index is 13.8. The second-order valence-electron chi connectivity index (χ2n) is 8.49. The quantitative estimate of drug-likeness (QED) is 0.517. The van der Waals surface area contributed by atoms with Gasteiger partial charge in [-0.25, -0.2) is 9.37 Å². The zero-order chi connectivity index (χ0) is 24.3. The lowest BCUT2D eigenvalue weighted by atomic mass is 9.74. The summed E-state index contributed by atoms with van der Waals surface area (Å²) >= 11 is 1.19. The predicted molar refractivity (Wildman–Crippen MR) is 127 cm³/mol. The van der Waals surface area contributed by atoms with Gasteiger partial charge in [-0.1, -0.05) is 18.2 Å². The van der Waals surface area contributed by atoms with Crippen LogP contribution in [0.3, 0.4) is 0 Å². The lowest BCUT2D eigenvalue weighted by molar-refractivity contribution is -0.121. The third-order valence-electron chi connectivity index (χ3n) is 6.29. The monoisotopic (exact) mass is 497 g/mol. The highest BCUT2D eigenvalue weighted by molar-refractivity contribution is 7.14. The molecule has 1 fully saturated rings. The van der Waals surface area contributed by atoms with Crippen LogP contribution in [-0.4, -0.2) is 43.3 Å². The van der Waals surface area contributed by atoms with E-state index < -0.39 is 11.7 Å². The van der Waals surface area contributed by atoms with Gasteiger partial charge in [0.2, 0.25) is 12.7 Å². The van der Waals surface area contributed by atoms with Crippen LogP contribution >= 0.6 is 11.3 Å². The molecule has 0 bridgehead atoms. The lowest BCUT2D eigenvalue weighted by Crippen LogP contribution is -2.45. The number of benzene rings is 2. The number of nitrogens with one attached hydrogen (secondary N) is 2. The van der Waals surface area contributed by atoms with Gasteiger partial charge in [-0.05, 0) is 42.7 Å². The number of anilines is 1. The molecular formula is C25H24FN3O5S. The van der Waals surface area contributed by atoms with E-state index in [1.807, 2.05) is 18.2 Å². The van der Waals surface area contributed by atoms with Crippen LogP contribution in [-0.2, 0) is 21.4 Å². The fourth-order valence-corrected chi connectivity index (χ4v) is 5.01. The maximum atomic E-state index is 13.8. The lowest BCUT2D eigenvalue weighted by Gasteiger charge is -2.38. The normalized spacial score (nSPS) is 16.0. The zero-order valence-electron chi connectivity index (χ0n) is 18.8. The number of fused-ring (bicyclic) bond motifs is 1. The third kappa shape index (κ3) is 5.13. The number of hydrogen-bond donors (Lipinski definition) is 2. The molecule has 8 nitrogen and oxygen atoms in total. The second-order valence-corrected chi connectivity index (χ2v) is 9.35. The molecule has 3 aromatic rings. The molecule has 0 aliphatic carbocycles. The Hall–Kier alpha value is -3.50. The fraction of sp³-hybridized carbons (Fsp3) is 0.320. The van der Waals surface area contributed by atoms with Gasteiger partial charge in [0.1, 0.15) is 5.82 Å². The van der Waals surface area contributed by atoms with E-state index in [1.165, 1.54) is 29.5 Å². The molecule has 0 radical (unpaired) electrons. The molecule has 0 saturated carbocycles. The number of carbonyl (C=O) groups excluding carboxylic acids is 2. The standard InChI is InChI=1S/C25H24FN3O5S/c26-19-4-2-1-3-18(19)23(31)29-24-28-17(13-35-24)12-22(30)27-14-25(7-9-32-10-8-25)16-5-6-20-21(11-16)34-15-33-20/h1-6,11,13H,7-10,12,14-15H2,(H,27,30)(H,28,29,31). The van der Waals surface area contributed by atoms with Gasteiger partial charge in [0.05, 0.1) is 17.7 Å². The first-order chi connectivity index (χ1) is 17.0. The Bertz CT molecular complexity index is 1240. The van der Waals surface area contributed by atoms with E-state index >= 15 is 0 Å². The number of carbonyl (C=O) groups is 2. The Morgan fingerprint density at radius 3 is 2.71 bits per heavy atom. The van der Waals surface area contributed by atoms with Gasteiger partial charge in [0.25, 0.3) is 5.91 Å². The highest BCUT2D eigenvalue weighted by Gasteiger charge is 2.36. The average molecular weight is 498 g/mol. The summed E-state index contributed by atoms with van der Waals surface area (Å²) in [5, 5.41) is 7.65. The van der Waals surface area contributed by atoms with Gasteiger partial charge in [-0.15, -0.1) is 11.3 Å². The van der Waals surface area contributed by atoms with Gasteiger partial charge in [-0.2, -0.15) is 0 Å². The number of hydrogen-bond acceptors (Lipinski definition) is 7. The van der Waals surface area contributed by atoms with Crippen LogP contribution < -0.4 is 20.1 Å². The molecule has 35 heavy (non-hydrogen) atoms. The van der Waals surface area contributed by atoms with Crippen molar-refractivity contribution >= 4 is 28.3 Å². The van der Waals surface area contributed by atoms with E-state index in [0.29, 0.717) is 36.3 Å². The number of nitrogens with zero attached hydrogens (tertiary/aromatic N) is 1. The van der Waals surface area contributed by atoms with Crippen LogP contribution in [0.1, 0.15) is 34.5 Å². The molecule has 1 saturated heterocycles. The van der Waals surface area contributed by atoms with Crippen molar-refractivity contribution < 1.29 is 28.2 Å². The smallest absolute Gasteiger partial charge is 0.260 e. The molecule has 5 rings (SSSR count). The van der Waals surface area contributed by atoms with E-state index in [-0.39, 0.29) is 30.1 Å². The minimum absolute atomic E-state index is 0.0627. The van der Waals surface area contributed by atoms with Gasteiger partial charge in [-0.3, -0.25) is 14.9 Å². The molecule has 2 N–H and O–H groups in total. The van der Waals surface area contributed by atoms with Crippen molar-refractivity contribution in [3.8, 4) is 11.5 Å². The van der Waals surface area contributed by atoms with Crippen LogP contribution in [0.2, 0.25) is 0 Å². The topological polar surface area (TPSA) is 98.8 Å². The Kier molecular flexibility index (Phi) is 6.65. The Morgan fingerprint density at radius 1 is 1.09 bits per heavy atom. The van der Waals surface area contributed by atoms with Crippen molar-refractivity contribution in [2.45, 2.75) is 24.7 Å². The molecule has 2 aromatic carbocycles. The molecule has 1 aromatic heterocycles. The predicted octanol–water partition coefficient (Wildman–Crippen LogP) is 3.67. The molecule has 0 spiro atoms. The summed E-state index contributed by atoms with van der Waals surface area (Å²) in [5.74, 6) is 0.0757. The summed E-state index contributed by atoms with van der Waals surface area (Å²) in [5.41, 5.74) is 1.28. The molecule has 0 unspecified atom stereocenters. The summed E-state index contributed by atoms with van der Waals surface area (Å²) in [7, 11) is 0. The Morgan fingerprint density at radius 2 is 1.89 bits per heavy atom. The molecule has 3 heterocycles. The summed E-state index contributed by atoms with van der Waals surface area (Å²) in [4.78, 5) is 29.4. The van der Waals surface area contributed by atoms with Crippen molar-refractivity contribution in [1.82, 2.24) is 10.3 Å². The number of halogens is 1. The number of ether oxygens (including phenoxy) is 3. The fourth-order valence-electron chi connectivity index (χ4n) is 4.31. The second kappa shape index (κ2) is 10.0. The molecule has 2 amide bonds. The number of rotatable bonds is 7. The van der Waals surface area contributed by atoms with Crippen molar-refractivity contribution in [3.05, 3.63) is 70.5 Å². The average Bonchev–Trinajstić information content (AvgIpc) is 3.52. The minimum atomic E-state index is -0.606. The van der Waals surface area contributed by atoms with E-state index in [9.17, 15) is 14.0 Å². The molecule has 2 aliphatic rings. The van der Waals surface area contributed by atoms with Crippen LogP contribution in [0.25, 0.3) is 0 Å².